The van der Waals surface area contributed by atoms with Crippen LogP contribution in [0.4, 0.5) is 0 Å². The number of rotatable bonds is 8. The molecule has 5 aromatic rings. The normalized spacial score (nSPS) is 16.8. The molecule has 2 aliphatic carbocycles. The summed E-state index contributed by atoms with van der Waals surface area (Å²) in [6.45, 7) is 0.733. The van der Waals surface area contributed by atoms with Crippen molar-refractivity contribution in [2.75, 3.05) is 0 Å². The van der Waals surface area contributed by atoms with Crippen LogP contribution in [0, 0.1) is 5.92 Å². The number of pyridine rings is 2. The molecule has 40 heavy (non-hydrogen) atoms. The Morgan fingerprint density at radius 3 is 2.50 bits per heavy atom. The van der Waals surface area contributed by atoms with Crippen LogP contribution in [0.15, 0.2) is 84.2 Å². The first-order valence-corrected chi connectivity index (χ1v) is 14.5. The van der Waals surface area contributed by atoms with E-state index in [9.17, 15) is 4.79 Å². The molecular weight excluding hydrogens is 541 g/mol. The Morgan fingerprint density at radius 1 is 0.975 bits per heavy atom. The monoisotopic (exact) mass is 569 g/mol. The van der Waals surface area contributed by atoms with Gasteiger partial charge in [-0.3, -0.25) is 15.1 Å². The Kier molecular flexibility index (Phi) is 6.30. The SMILES string of the molecule is Cn1cncc1C(NC1CC1)(c1ccc2c(c1)c(-c1cccc(Cl)c1)cc(=O)n2CC1CC1)c1ccc(Cl)cn1. The summed E-state index contributed by atoms with van der Waals surface area (Å²) >= 11 is 12.7. The number of nitrogens with zero attached hydrogens (tertiary/aromatic N) is 4. The first kappa shape index (κ1) is 25.5. The number of aryl methyl sites for hydroxylation is 1. The third-order valence-corrected chi connectivity index (χ3v) is 8.59. The van der Waals surface area contributed by atoms with E-state index in [1.165, 1.54) is 12.8 Å². The third-order valence-electron chi connectivity index (χ3n) is 8.13. The summed E-state index contributed by atoms with van der Waals surface area (Å²) in [7, 11) is 2.01. The zero-order valence-corrected chi connectivity index (χ0v) is 23.7. The minimum absolute atomic E-state index is 0.00972. The van der Waals surface area contributed by atoms with Gasteiger partial charge in [0.1, 0.15) is 5.54 Å². The van der Waals surface area contributed by atoms with Crippen molar-refractivity contribution in [3.63, 3.8) is 0 Å². The molecule has 7 rings (SSSR count). The van der Waals surface area contributed by atoms with Crippen molar-refractivity contribution in [1.82, 2.24) is 24.4 Å². The average Bonchev–Trinajstić information content (AvgIpc) is 3.89. The molecule has 1 unspecified atom stereocenters. The molecule has 2 saturated carbocycles. The number of hydrogen-bond donors (Lipinski definition) is 1. The Bertz CT molecular complexity index is 1790. The van der Waals surface area contributed by atoms with E-state index in [2.05, 4.69) is 28.5 Å². The van der Waals surface area contributed by atoms with Gasteiger partial charge in [-0.05, 0) is 84.7 Å². The Morgan fingerprint density at radius 2 is 1.82 bits per heavy atom. The van der Waals surface area contributed by atoms with Crippen molar-refractivity contribution in [2.45, 2.75) is 43.8 Å². The minimum Gasteiger partial charge on any atom is -0.335 e. The molecule has 0 bridgehead atoms. The summed E-state index contributed by atoms with van der Waals surface area (Å²) in [6.07, 6.45) is 9.94. The molecule has 2 aromatic carbocycles. The molecule has 8 heteroatoms. The van der Waals surface area contributed by atoms with Gasteiger partial charge in [-0.15, -0.1) is 0 Å². The number of halogens is 2. The van der Waals surface area contributed by atoms with Crippen LogP contribution in [-0.4, -0.2) is 25.1 Å². The van der Waals surface area contributed by atoms with Gasteiger partial charge in [0.05, 0.1) is 34.5 Å². The standard InChI is InChI=1S/C32H29Cl2N5O/c1-38-19-35-17-30(38)32(37-25-9-10-25,29-12-8-24(34)16-36-29)22-7-11-28-27(14-22)26(21-3-2-4-23(33)13-21)15-31(40)39(28)18-20-5-6-20/h2-4,7-8,11-17,19-20,25,37H,5-6,9-10,18H2,1H3. The van der Waals surface area contributed by atoms with Crippen molar-refractivity contribution < 1.29 is 0 Å². The molecule has 3 aromatic heterocycles. The predicted octanol–water partition coefficient (Wildman–Crippen LogP) is 6.56. The van der Waals surface area contributed by atoms with Crippen LogP contribution in [0.3, 0.4) is 0 Å². The number of nitrogens with one attached hydrogen (secondary N) is 1. The highest BCUT2D eigenvalue weighted by atomic mass is 35.5. The van der Waals surface area contributed by atoms with Crippen molar-refractivity contribution in [3.05, 3.63) is 117 Å². The van der Waals surface area contributed by atoms with E-state index in [1.807, 2.05) is 65.1 Å². The fraction of sp³-hybridized carbons (Fsp3) is 0.281. The lowest BCUT2D eigenvalue weighted by Crippen LogP contribution is -2.47. The molecular formula is C32H29Cl2N5O. The summed E-state index contributed by atoms with van der Waals surface area (Å²) in [5.74, 6) is 0.556. The van der Waals surface area contributed by atoms with Crippen LogP contribution < -0.4 is 10.9 Å². The molecule has 0 amide bonds. The van der Waals surface area contributed by atoms with E-state index in [0.717, 1.165) is 58.4 Å². The van der Waals surface area contributed by atoms with Gasteiger partial charge in [0.2, 0.25) is 0 Å². The highest BCUT2D eigenvalue weighted by Crippen LogP contribution is 2.42. The second-order valence-electron chi connectivity index (χ2n) is 11.1. The van der Waals surface area contributed by atoms with Gasteiger partial charge in [-0.2, -0.15) is 0 Å². The lowest BCUT2D eigenvalue weighted by Gasteiger charge is -2.36. The summed E-state index contributed by atoms with van der Waals surface area (Å²) in [6, 6.07) is 20.1. The third kappa shape index (κ3) is 4.54. The zero-order chi connectivity index (χ0) is 27.4. The van der Waals surface area contributed by atoms with Crippen LogP contribution in [0.2, 0.25) is 10.0 Å². The van der Waals surface area contributed by atoms with Crippen molar-refractivity contribution in [2.24, 2.45) is 13.0 Å². The molecule has 202 valence electrons. The molecule has 3 heterocycles. The van der Waals surface area contributed by atoms with Crippen LogP contribution in [0.5, 0.6) is 0 Å². The highest BCUT2D eigenvalue weighted by Gasteiger charge is 2.44. The first-order chi connectivity index (χ1) is 19.4. The maximum Gasteiger partial charge on any atom is 0.251 e. The second kappa shape index (κ2) is 9.88. The number of aromatic nitrogens is 4. The van der Waals surface area contributed by atoms with Gasteiger partial charge in [-0.25, -0.2) is 4.98 Å². The number of fused-ring (bicyclic) bond motifs is 1. The summed E-state index contributed by atoms with van der Waals surface area (Å²) < 4.78 is 3.98. The largest absolute Gasteiger partial charge is 0.335 e. The van der Waals surface area contributed by atoms with E-state index >= 15 is 0 Å². The van der Waals surface area contributed by atoms with E-state index < -0.39 is 5.54 Å². The van der Waals surface area contributed by atoms with Gasteiger partial charge in [0.25, 0.3) is 5.56 Å². The molecule has 1 atom stereocenters. The minimum atomic E-state index is -0.783. The van der Waals surface area contributed by atoms with E-state index in [-0.39, 0.29) is 5.56 Å². The lowest BCUT2D eigenvalue weighted by molar-refractivity contribution is 0.434. The van der Waals surface area contributed by atoms with Crippen LogP contribution in [-0.2, 0) is 19.1 Å². The van der Waals surface area contributed by atoms with Crippen LogP contribution in [0.25, 0.3) is 22.0 Å². The molecule has 1 N–H and O–H groups in total. The smallest absolute Gasteiger partial charge is 0.251 e. The van der Waals surface area contributed by atoms with Gasteiger partial charge in [-0.1, -0.05) is 41.4 Å². The second-order valence-corrected chi connectivity index (χ2v) is 12.0. The molecule has 0 radical (unpaired) electrons. The van der Waals surface area contributed by atoms with E-state index in [4.69, 9.17) is 28.2 Å². The first-order valence-electron chi connectivity index (χ1n) is 13.7. The van der Waals surface area contributed by atoms with E-state index in [1.54, 1.807) is 12.3 Å². The van der Waals surface area contributed by atoms with Crippen molar-refractivity contribution in [3.8, 4) is 11.1 Å². The summed E-state index contributed by atoms with van der Waals surface area (Å²) in [5.41, 5.74) is 4.76. The fourth-order valence-electron chi connectivity index (χ4n) is 5.77. The molecule has 2 fully saturated rings. The maximum absolute atomic E-state index is 13.5. The molecule has 0 spiro atoms. The highest BCUT2D eigenvalue weighted by molar-refractivity contribution is 6.31. The molecule has 2 aliphatic rings. The average molecular weight is 571 g/mol. The zero-order valence-electron chi connectivity index (χ0n) is 22.1. The molecule has 6 nitrogen and oxygen atoms in total. The van der Waals surface area contributed by atoms with E-state index in [0.29, 0.717) is 22.0 Å². The van der Waals surface area contributed by atoms with Crippen molar-refractivity contribution in [1.29, 1.82) is 0 Å². The number of benzene rings is 2. The molecule has 0 saturated heterocycles. The van der Waals surface area contributed by atoms with Crippen LogP contribution in [0.1, 0.15) is 42.6 Å². The maximum atomic E-state index is 13.5. The fourth-order valence-corrected chi connectivity index (χ4v) is 6.07. The summed E-state index contributed by atoms with van der Waals surface area (Å²) in [4.78, 5) is 22.8. The topological polar surface area (TPSA) is 64.7 Å². The lowest BCUT2D eigenvalue weighted by atomic mass is 9.81. The number of hydrogen-bond acceptors (Lipinski definition) is 4. The Labute approximate surface area is 242 Å². The molecule has 0 aliphatic heterocycles. The Balaban J connectivity index is 1.54. The van der Waals surface area contributed by atoms with Crippen LogP contribution >= 0.6 is 23.2 Å². The van der Waals surface area contributed by atoms with Gasteiger partial charge < -0.3 is 9.13 Å². The van der Waals surface area contributed by atoms with Gasteiger partial charge >= 0.3 is 0 Å². The quantitative estimate of drug-likeness (QED) is 0.230. The van der Waals surface area contributed by atoms with Crippen molar-refractivity contribution >= 4 is 34.1 Å². The number of imidazole rings is 1. The van der Waals surface area contributed by atoms with Gasteiger partial charge in [0.15, 0.2) is 0 Å². The van der Waals surface area contributed by atoms with Gasteiger partial charge in [0, 0.05) is 42.3 Å². The summed E-state index contributed by atoms with van der Waals surface area (Å²) in [5, 5.41) is 6.16. The Hall–Kier alpha value is -3.45. The predicted molar refractivity (Wildman–Crippen MR) is 160 cm³/mol.